The molecule has 1 N–H and O–H groups in total. The van der Waals surface area contributed by atoms with E-state index in [0.717, 1.165) is 25.4 Å². The molecule has 0 spiro atoms. The molecular weight excluding hydrogens is 222 g/mol. The third-order valence-electron chi connectivity index (χ3n) is 4.20. The van der Waals surface area contributed by atoms with Crippen LogP contribution in [0.2, 0.25) is 0 Å². The predicted octanol–water partition coefficient (Wildman–Crippen LogP) is 2.92. The van der Waals surface area contributed by atoms with Gasteiger partial charge in [0.05, 0.1) is 6.07 Å². The third kappa shape index (κ3) is 4.96. The maximum atomic E-state index is 9.17. The minimum Gasteiger partial charge on any atom is -0.303 e. The van der Waals surface area contributed by atoms with Crippen molar-refractivity contribution in [1.82, 2.24) is 10.2 Å². The van der Waals surface area contributed by atoms with Gasteiger partial charge in [0.25, 0.3) is 0 Å². The summed E-state index contributed by atoms with van der Waals surface area (Å²) in [5, 5.41) is 12.5. The number of nitrogens with one attached hydrogen (secondary N) is 1. The Bertz CT molecular complexity index is 265. The van der Waals surface area contributed by atoms with Crippen molar-refractivity contribution in [3.05, 3.63) is 0 Å². The summed E-state index contributed by atoms with van der Waals surface area (Å²) in [5.41, 5.74) is -0.333. The Hall–Kier alpha value is -0.590. The van der Waals surface area contributed by atoms with Gasteiger partial charge in [0.15, 0.2) is 0 Å². The molecule has 0 heterocycles. The molecule has 1 unspecified atom stereocenters. The van der Waals surface area contributed by atoms with Crippen LogP contribution in [0.15, 0.2) is 0 Å². The molecule has 3 nitrogen and oxygen atoms in total. The molecule has 1 atom stereocenters. The highest BCUT2D eigenvalue weighted by Crippen LogP contribution is 2.22. The number of hydrogen-bond donors (Lipinski definition) is 1. The summed E-state index contributed by atoms with van der Waals surface area (Å²) in [6.07, 6.45) is 8.86. The lowest BCUT2D eigenvalue weighted by Crippen LogP contribution is -2.40. The van der Waals surface area contributed by atoms with Gasteiger partial charge >= 0.3 is 0 Å². The van der Waals surface area contributed by atoms with Crippen molar-refractivity contribution in [2.75, 3.05) is 20.1 Å². The summed E-state index contributed by atoms with van der Waals surface area (Å²) in [7, 11) is 2.25. The first-order valence-corrected chi connectivity index (χ1v) is 7.48. The Morgan fingerprint density at radius 3 is 2.56 bits per heavy atom. The molecule has 0 radical (unpaired) electrons. The lowest BCUT2D eigenvalue weighted by Gasteiger charge is -2.25. The number of unbranched alkanes of at least 4 members (excludes halogenated alkanes) is 1. The van der Waals surface area contributed by atoms with Gasteiger partial charge in [-0.2, -0.15) is 5.26 Å². The molecule has 0 saturated heterocycles. The van der Waals surface area contributed by atoms with E-state index in [1.54, 1.807) is 0 Å². The van der Waals surface area contributed by atoms with E-state index in [9.17, 15) is 5.26 Å². The topological polar surface area (TPSA) is 39.1 Å². The lowest BCUT2D eigenvalue weighted by atomic mass is 9.96. The molecular formula is C15H29N3. The smallest absolute Gasteiger partial charge is 0.103 e. The average Bonchev–Trinajstić information content (AvgIpc) is 2.88. The van der Waals surface area contributed by atoms with Gasteiger partial charge in [-0.25, -0.2) is 0 Å². The Morgan fingerprint density at radius 2 is 2.00 bits per heavy atom. The Balaban J connectivity index is 2.15. The molecule has 104 valence electrons. The quantitative estimate of drug-likeness (QED) is 0.674. The van der Waals surface area contributed by atoms with E-state index in [-0.39, 0.29) is 5.54 Å². The first-order valence-electron chi connectivity index (χ1n) is 7.48. The molecule has 0 amide bonds. The minimum atomic E-state index is -0.333. The minimum absolute atomic E-state index is 0.333. The summed E-state index contributed by atoms with van der Waals surface area (Å²) >= 11 is 0. The second-order valence-electron chi connectivity index (χ2n) is 5.85. The number of nitriles is 1. The van der Waals surface area contributed by atoms with E-state index in [1.807, 2.05) is 6.92 Å². The zero-order valence-corrected chi connectivity index (χ0v) is 12.3. The van der Waals surface area contributed by atoms with Crippen LogP contribution in [0.3, 0.4) is 0 Å². The van der Waals surface area contributed by atoms with Gasteiger partial charge in [-0.3, -0.25) is 5.32 Å². The second kappa shape index (κ2) is 7.76. The summed E-state index contributed by atoms with van der Waals surface area (Å²) < 4.78 is 0. The molecule has 0 aromatic rings. The van der Waals surface area contributed by atoms with Crippen LogP contribution >= 0.6 is 0 Å². The highest BCUT2D eigenvalue weighted by Gasteiger charge is 2.22. The van der Waals surface area contributed by atoms with Crippen LogP contribution in [-0.4, -0.2) is 36.6 Å². The fourth-order valence-corrected chi connectivity index (χ4v) is 2.94. The van der Waals surface area contributed by atoms with Crippen molar-refractivity contribution < 1.29 is 0 Å². The van der Waals surface area contributed by atoms with Crippen LogP contribution in [0, 0.1) is 11.3 Å². The molecule has 1 rings (SSSR count). The molecule has 1 fully saturated rings. The monoisotopic (exact) mass is 251 g/mol. The van der Waals surface area contributed by atoms with Gasteiger partial charge in [0, 0.05) is 6.04 Å². The van der Waals surface area contributed by atoms with Crippen LogP contribution in [0.5, 0.6) is 0 Å². The summed E-state index contributed by atoms with van der Waals surface area (Å²) in [6.45, 7) is 6.12. The summed E-state index contributed by atoms with van der Waals surface area (Å²) in [4.78, 5) is 2.52. The van der Waals surface area contributed by atoms with Crippen molar-refractivity contribution in [3.8, 4) is 6.07 Å². The molecule has 1 saturated carbocycles. The second-order valence-corrected chi connectivity index (χ2v) is 5.85. The van der Waals surface area contributed by atoms with Crippen LogP contribution < -0.4 is 5.32 Å². The molecule has 1 aliphatic rings. The highest BCUT2D eigenvalue weighted by molar-refractivity contribution is 5.03. The van der Waals surface area contributed by atoms with E-state index in [0.29, 0.717) is 0 Å². The van der Waals surface area contributed by atoms with Crippen molar-refractivity contribution in [2.45, 2.75) is 70.4 Å². The average molecular weight is 251 g/mol. The molecule has 0 aromatic heterocycles. The number of hydrogen-bond acceptors (Lipinski definition) is 3. The summed E-state index contributed by atoms with van der Waals surface area (Å²) in [6, 6.07) is 3.22. The molecule has 0 bridgehead atoms. The maximum Gasteiger partial charge on any atom is 0.103 e. The van der Waals surface area contributed by atoms with Gasteiger partial charge in [0.2, 0.25) is 0 Å². The summed E-state index contributed by atoms with van der Waals surface area (Å²) in [5.74, 6) is 0. The Morgan fingerprint density at radius 1 is 1.33 bits per heavy atom. The first-order chi connectivity index (χ1) is 8.61. The number of rotatable bonds is 8. The van der Waals surface area contributed by atoms with Gasteiger partial charge in [-0.15, -0.1) is 0 Å². The zero-order valence-electron chi connectivity index (χ0n) is 12.3. The van der Waals surface area contributed by atoms with E-state index in [1.165, 1.54) is 38.6 Å². The standard InChI is InChI=1S/C15H29N3/c1-4-17-15(2,13-16)11-7-8-12-18(3)14-9-5-6-10-14/h14,17H,4-12H2,1-3H3. The largest absolute Gasteiger partial charge is 0.303 e. The highest BCUT2D eigenvalue weighted by atomic mass is 15.1. The zero-order chi connectivity index (χ0) is 13.4. The maximum absolute atomic E-state index is 9.17. The number of nitrogens with zero attached hydrogens (tertiary/aromatic N) is 2. The van der Waals surface area contributed by atoms with Crippen molar-refractivity contribution in [1.29, 1.82) is 5.26 Å². The van der Waals surface area contributed by atoms with Crippen LogP contribution in [0.4, 0.5) is 0 Å². The first kappa shape index (κ1) is 15.5. The lowest BCUT2D eigenvalue weighted by molar-refractivity contribution is 0.237. The van der Waals surface area contributed by atoms with Gasteiger partial charge in [-0.05, 0) is 59.2 Å². The SMILES string of the molecule is CCNC(C)(C#N)CCCCN(C)C1CCCC1. The molecule has 0 aromatic carbocycles. The predicted molar refractivity (Wildman–Crippen MR) is 76.4 cm³/mol. The third-order valence-corrected chi connectivity index (χ3v) is 4.20. The van der Waals surface area contributed by atoms with Gasteiger partial charge in [0.1, 0.15) is 5.54 Å². The Kier molecular flexibility index (Phi) is 6.67. The van der Waals surface area contributed by atoms with E-state index >= 15 is 0 Å². The van der Waals surface area contributed by atoms with Gasteiger partial charge in [-0.1, -0.05) is 19.8 Å². The normalized spacial score (nSPS) is 19.9. The van der Waals surface area contributed by atoms with Gasteiger partial charge < -0.3 is 4.90 Å². The van der Waals surface area contributed by atoms with E-state index < -0.39 is 0 Å². The molecule has 1 aliphatic carbocycles. The fraction of sp³-hybridized carbons (Fsp3) is 0.933. The molecule has 0 aliphatic heterocycles. The van der Waals surface area contributed by atoms with Crippen LogP contribution in [0.1, 0.15) is 58.8 Å². The molecule has 18 heavy (non-hydrogen) atoms. The molecule has 3 heteroatoms. The van der Waals surface area contributed by atoms with Crippen LogP contribution in [0.25, 0.3) is 0 Å². The van der Waals surface area contributed by atoms with Crippen LogP contribution in [-0.2, 0) is 0 Å². The Labute approximate surface area is 113 Å². The van der Waals surface area contributed by atoms with Crippen molar-refractivity contribution in [2.24, 2.45) is 0 Å². The van der Waals surface area contributed by atoms with Crippen molar-refractivity contribution >= 4 is 0 Å². The van der Waals surface area contributed by atoms with Crippen molar-refractivity contribution in [3.63, 3.8) is 0 Å². The van der Waals surface area contributed by atoms with E-state index in [4.69, 9.17) is 0 Å². The van der Waals surface area contributed by atoms with E-state index in [2.05, 4.69) is 30.3 Å². The fourth-order valence-electron chi connectivity index (χ4n) is 2.94.